The van der Waals surface area contributed by atoms with Crippen LogP contribution in [0.25, 0.3) is 0 Å². The van der Waals surface area contributed by atoms with E-state index in [1.807, 2.05) is 0 Å². The average molecular weight is 254 g/mol. The summed E-state index contributed by atoms with van der Waals surface area (Å²) in [5.41, 5.74) is 0.125. The Morgan fingerprint density at radius 3 is 2.28 bits per heavy atom. The lowest BCUT2D eigenvalue weighted by Crippen LogP contribution is -2.09. The van der Waals surface area contributed by atoms with Gasteiger partial charge in [-0.15, -0.1) is 0 Å². The monoisotopic (exact) mass is 254 g/mol. The summed E-state index contributed by atoms with van der Waals surface area (Å²) < 4.78 is 9.34. The number of ether oxygens (including phenoxy) is 2. The first-order chi connectivity index (χ1) is 8.42. The molecule has 0 aliphatic heterocycles. The number of methoxy groups -OCH3 is 2. The van der Waals surface area contributed by atoms with Gasteiger partial charge in [-0.05, 0) is 18.6 Å². The van der Waals surface area contributed by atoms with E-state index in [0.717, 1.165) is 0 Å². The summed E-state index contributed by atoms with van der Waals surface area (Å²) in [4.78, 5) is 22.7. The molecule has 18 heavy (non-hydrogen) atoms. The third-order valence-electron chi connectivity index (χ3n) is 2.46. The van der Waals surface area contributed by atoms with Crippen LogP contribution in [0.15, 0.2) is 6.07 Å². The minimum atomic E-state index is -0.597. The zero-order valence-corrected chi connectivity index (χ0v) is 10.3. The first-order valence-electron chi connectivity index (χ1n) is 5.11. The van der Waals surface area contributed by atoms with Crippen molar-refractivity contribution in [1.82, 2.24) is 0 Å². The number of esters is 1. The SMILES string of the molecule is COC(=O)Cc1cc(OC)c(O)c(O)c1C(C)=O. The van der Waals surface area contributed by atoms with E-state index in [9.17, 15) is 19.8 Å². The quantitative estimate of drug-likeness (QED) is 0.473. The number of hydrogen-bond donors (Lipinski definition) is 2. The maximum atomic E-state index is 11.4. The Bertz CT molecular complexity index is 492. The zero-order chi connectivity index (χ0) is 13.9. The molecule has 6 nitrogen and oxygen atoms in total. The molecule has 0 spiro atoms. The molecule has 0 unspecified atom stereocenters. The second-order valence-electron chi connectivity index (χ2n) is 3.62. The number of hydrogen-bond acceptors (Lipinski definition) is 6. The minimum Gasteiger partial charge on any atom is -0.504 e. The number of aromatic hydroxyl groups is 2. The lowest BCUT2D eigenvalue weighted by Gasteiger charge is -2.13. The highest BCUT2D eigenvalue weighted by molar-refractivity contribution is 6.00. The van der Waals surface area contributed by atoms with Crippen molar-refractivity contribution in [2.75, 3.05) is 14.2 Å². The average Bonchev–Trinajstić information content (AvgIpc) is 2.32. The number of carbonyl (C=O) groups excluding carboxylic acids is 2. The molecule has 1 aromatic rings. The van der Waals surface area contributed by atoms with E-state index in [4.69, 9.17) is 4.74 Å². The van der Waals surface area contributed by atoms with Crippen LogP contribution in [-0.4, -0.2) is 36.2 Å². The van der Waals surface area contributed by atoms with Gasteiger partial charge < -0.3 is 19.7 Å². The Balaban J connectivity index is 3.42. The van der Waals surface area contributed by atoms with Crippen LogP contribution in [0.4, 0.5) is 0 Å². The van der Waals surface area contributed by atoms with Crippen LogP contribution in [0, 0.1) is 0 Å². The molecule has 0 atom stereocenters. The van der Waals surface area contributed by atoms with Crippen molar-refractivity contribution in [3.63, 3.8) is 0 Å². The van der Waals surface area contributed by atoms with E-state index < -0.39 is 23.3 Å². The highest BCUT2D eigenvalue weighted by atomic mass is 16.5. The van der Waals surface area contributed by atoms with Gasteiger partial charge in [-0.2, -0.15) is 0 Å². The summed E-state index contributed by atoms with van der Waals surface area (Å²) in [6.07, 6.45) is -0.199. The number of Topliss-reactive ketones (excluding diaryl/α,β-unsaturated/α-hetero) is 1. The van der Waals surface area contributed by atoms with Gasteiger partial charge >= 0.3 is 5.97 Å². The molecule has 0 amide bonds. The molecule has 0 saturated carbocycles. The molecule has 0 aliphatic rings. The van der Waals surface area contributed by atoms with E-state index in [0.29, 0.717) is 0 Å². The topological polar surface area (TPSA) is 93.1 Å². The van der Waals surface area contributed by atoms with Crippen molar-refractivity contribution in [2.45, 2.75) is 13.3 Å². The Labute approximate surface area is 104 Å². The van der Waals surface area contributed by atoms with E-state index in [1.165, 1.54) is 27.2 Å². The number of benzene rings is 1. The maximum Gasteiger partial charge on any atom is 0.310 e. The van der Waals surface area contributed by atoms with Crippen molar-refractivity contribution in [1.29, 1.82) is 0 Å². The molecular weight excluding hydrogens is 240 g/mol. The number of carbonyl (C=O) groups is 2. The molecule has 98 valence electrons. The van der Waals surface area contributed by atoms with Crippen LogP contribution in [0.1, 0.15) is 22.8 Å². The van der Waals surface area contributed by atoms with Gasteiger partial charge in [0.1, 0.15) is 0 Å². The molecule has 0 radical (unpaired) electrons. The van der Waals surface area contributed by atoms with Gasteiger partial charge in [0.15, 0.2) is 17.3 Å². The summed E-state index contributed by atoms with van der Waals surface area (Å²) in [6, 6.07) is 1.32. The fourth-order valence-electron chi connectivity index (χ4n) is 1.60. The standard InChI is InChI=1S/C12H14O6/c1-6(13)10-7(5-9(14)18-3)4-8(17-2)11(15)12(10)16/h4,15-16H,5H2,1-3H3. The Morgan fingerprint density at radius 2 is 1.83 bits per heavy atom. The fraction of sp³-hybridized carbons (Fsp3) is 0.333. The molecule has 2 N–H and O–H groups in total. The Morgan fingerprint density at radius 1 is 1.22 bits per heavy atom. The minimum absolute atomic E-state index is 0.0172. The molecule has 1 rings (SSSR count). The highest BCUT2D eigenvalue weighted by Crippen LogP contribution is 2.40. The first kappa shape index (κ1) is 13.8. The summed E-state index contributed by atoms with van der Waals surface area (Å²) >= 11 is 0. The van der Waals surface area contributed by atoms with Crippen molar-refractivity contribution in [2.24, 2.45) is 0 Å². The second-order valence-corrected chi connectivity index (χ2v) is 3.62. The van der Waals surface area contributed by atoms with Gasteiger partial charge in [0, 0.05) is 0 Å². The van der Waals surface area contributed by atoms with Crippen LogP contribution >= 0.6 is 0 Å². The summed E-state index contributed by atoms with van der Waals surface area (Å²) in [5.74, 6) is -2.18. The van der Waals surface area contributed by atoms with E-state index in [-0.39, 0.29) is 23.3 Å². The van der Waals surface area contributed by atoms with Crippen molar-refractivity contribution >= 4 is 11.8 Å². The van der Waals surface area contributed by atoms with Gasteiger partial charge in [-0.3, -0.25) is 9.59 Å². The summed E-state index contributed by atoms with van der Waals surface area (Å²) in [5, 5.41) is 19.3. The van der Waals surface area contributed by atoms with Crippen LogP contribution < -0.4 is 4.74 Å². The second kappa shape index (κ2) is 5.39. The predicted molar refractivity (Wildman–Crippen MR) is 62.0 cm³/mol. The third kappa shape index (κ3) is 2.53. The van der Waals surface area contributed by atoms with Gasteiger partial charge in [-0.25, -0.2) is 0 Å². The molecule has 0 fully saturated rings. The number of phenols is 2. The Hall–Kier alpha value is -2.24. The Kier molecular flexibility index (Phi) is 4.14. The smallest absolute Gasteiger partial charge is 0.310 e. The fourth-order valence-corrected chi connectivity index (χ4v) is 1.60. The number of phenolic OH excluding ortho intramolecular Hbond substituents is 2. The highest BCUT2D eigenvalue weighted by Gasteiger charge is 2.22. The molecule has 0 aromatic heterocycles. The number of rotatable bonds is 4. The molecule has 0 heterocycles. The van der Waals surface area contributed by atoms with Crippen LogP contribution in [-0.2, 0) is 16.0 Å². The largest absolute Gasteiger partial charge is 0.504 e. The molecular formula is C12H14O6. The van der Waals surface area contributed by atoms with E-state index in [1.54, 1.807) is 0 Å². The lowest BCUT2D eigenvalue weighted by atomic mass is 9.99. The molecule has 0 aliphatic carbocycles. The molecule has 1 aromatic carbocycles. The van der Waals surface area contributed by atoms with Crippen LogP contribution in [0.2, 0.25) is 0 Å². The van der Waals surface area contributed by atoms with E-state index >= 15 is 0 Å². The summed E-state index contributed by atoms with van der Waals surface area (Å²) in [7, 11) is 2.51. The third-order valence-corrected chi connectivity index (χ3v) is 2.46. The van der Waals surface area contributed by atoms with Crippen molar-refractivity contribution in [3.8, 4) is 17.2 Å². The van der Waals surface area contributed by atoms with Crippen molar-refractivity contribution < 1.29 is 29.3 Å². The van der Waals surface area contributed by atoms with Crippen LogP contribution in [0.5, 0.6) is 17.2 Å². The first-order valence-corrected chi connectivity index (χ1v) is 5.11. The van der Waals surface area contributed by atoms with Crippen molar-refractivity contribution in [3.05, 3.63) is 17.2 Å². The normalized spacial score (nSPS) is 9.94. The molecule has 6 heteroatoms. The zero-order valence-electron chi connectivity index (χ0n) is 10.3. The maximum absolute atomic E-state index is 11.4. The number of ketones is 1. The molecule has 0 saturated heterocycles. The van der Waals surface area contributed by atoms with Gasteiger partial charge in [0.05, 0.1) is 26.2 Å². The predicted octanol–water partition coefficient (Wildman–Crippen LogP) is 1.02. The van der Waals surface area contributed by atoms with Gasteiger partial charge in [-0.1, -0.05) is 0 Å². The van der Waals surface area contributed by atoms with Gasteiger partial charge in [0.25, 0.3) is 0 Å². The van der Waals surface area contributed by atoms with Crippen LogP contribution in [0.3, 0.4) is 0 Å². The summed E-state index contributed by atoms with van der Waals surface area (Å²) in [6.45, 7) is 1.22. The lowest BCUT2D eigenvalue weighted by molar-refractivity contribution is -0.139. The molecule has 0 bridgehead atoms. The van der Waals surface area contributed by atoms with Gasteiger partial charge in [0.2, 0.25) is 5.75 Å². The van der Waals surface area contributed by atoms with E-state index in [2.05, 4.69) is 4.74 Å².